The molecule has 2 aromatic heterocycles. The standard InChI is InChI=1S/C12H20O3.C8H18O.C6H13Br.C6H8O3.C4H9O.K/c1-2-3-4-5-8-14-10-12-7-6-11(9-13)15-12;1-3-5-6-7-8-9-4-2;1-2-3-4-5-6-7;7-3-5-1-2-6(4-8)9-5;1-4(2,3)5;/h6-7,13H,2-5,8-10H2,1H3;3-8H2,1-2H3;2-6H2,1H3;1-2,7-8H,3-4H2;1-3H3;/q;;;;-1;+1. The molecule has 8 nitrogen and oxygen atoms in total. The van der Waals surface area contributed by atoms with Crippen LogP contribution in [0.25, 0.3) is 0 Å². The molecule has 2 rings (SSSR count). The van der Waals surface area contributed by atoms with E-state index in [4.69, 9.17) is 33.6 Å². The zero-order valence-corrected chi connectivity index (χ0v) is 35.4. The summed E-state index contributed by atoms with van der Waals surface area (Å²) in [5.41, 5.74) is -0.750. The fourth-order valence-corrected chi connectivity index (χ4v) is 3.67. The summed E-state index contributed by atoms with van der Waals surface area (Å²) in [6.45, 7) is 16.4. The molecule has 0 aliphatic rings. The van der Waals surface area contributed by atoms with Gasteiger partial charge in [0.2, 0.25) is 0 Å². The van der Waals surface area contributed by atoms with Gasteiger partial charge in [0, 0.05) is 25.2 Å². The molecule has 0 saturated heterocycles. The SMILES string of the molecule is CC(C)(C)[O-].CCCCCCBr.CCCCCCOCC.CCCCCCOCc1ccc(CO)o1.OCc1ccc(CO)o1.[K+]. The molecular formula is C36H68BrKO8. The molecule has 46 heavy (non-hydrogen) atoms. The number of halogens is 1. The Hall–Kier alpha value is 0.436. The fraction of sp³-hybridized carbons (Fsp3) is 0.778. The molecule has 0 radical (unpaired) electrons. The molecule has 268 valence electrons. The van der Waals surface area contributed by atoms with Crippen LogP contribution in [-0.2, 0) is 35.9 Å². The smallest absolute Gasteiger partial charge is 0.850 e. The number of aliphatic hydroxyl groups excluding tert-OH is 3. The van der Waals surface area contributed by atoms with Gasteiger partial charge in [0.05, 0.1) is 0 Å². The quantitative estimate of drug-likeness (QED) is 0.0876. The predicted molar refractivity (Wildman–Crippen MR) is 187 cm³/mol. The van der Waals surface area contributed by atoms with Crippen LogP contribution in [0.3, 0.4) is 0 Å². The van der Waals surface area contributed by atoms with Crippen molar-refractivity contribution < 1.29 is 90.1 Å². The first kappa shape index (κ1) is 53.2. The monoisotopic (exact) mass is 746 g/mol. The molecule has 0 saturated carbocycles. The van der Waals surface area contributed by atoms with Crippen LogP contribution >= 0.6 is 15.9 Å². The maximum Gasteiger partial charge on any atom is 1.00 e. The van der Waals surface area contributed by atoms with Gasteiger partial charge in [-0.25, -0.2) is 0 Å². The molecule has 2 heterocycles. The van der Waals surface area contributed by atoms with Crippen LogP contribution in [-0.4, -0.2) is 46.1 Å². The van der Waals surface area contributed by atoms with Gasteiger partial charge in [-0.05, 0) is 50.5 Å². The third-order valence-corrected chi connectivity index (χ3v) is 6.18. The number of aliphatic hydroxyl groups is 3. The number of unbranched alkanes of at least 4 members (excludes halogenated alkanes) is 9. The largest absolute Gasteiger partial charge is 1.00 e. The van der Waals surface area contributed by atoms with Crippen LogP contribution in [0.15, 0.2) is 33.1 Å². The van der Waals surface area contributed by atoms with Crippen LogP contribution in [0.1, 0.15) is 149 Å². The normalized spacial score (nSPS) is 10.2. The molecule has 0 fully saturated rings. The van der Waals surface area contributed by atoms with Crippen LogP contribution in [0.2, 0.25) is 0 Å². The van der Waals surface area contributed by atoms with E-state index in [1.165, 1.54) is 76.0 Å². The molecule has 0 spiro atoms. The molecule has 0 bridgehead atoms. The first-order valence-corrected chi connectivity index (χ1v) is 18.1. The van der Waals surface area contributed by atoms with Gasteiger partial charge >= 0.3 is 51.4 Å². The van der Waals surface area contributed by atoms with E-state index >= 15 is 0 Å². The topological polar surface area (TPSA) is 128 Å². The second-order valence-electron chi connectivity index (χ2n) is 11.4. The maximum atomic E-state index is 10.1. The summed E-state index contributed by atoms with van der Waals surface area (Å²) in [6.07, 6.45) is 15.6. The molecule has 0 aliphatic carbocycles. The van der Waals surface area contributed by atoms with E-state index in [-0.39, 0.29) is 71.2 Å². The second kappa shape index (κ2) is 41.6. The minimum absolute atomic E-state index is 0. The van der Waals surface area contributed by atoms with Crippen molar-refractivity contribution in [3.05, 3.63) is 47.3 Å². The molecule has 0 amide bonds. The van der Waals surface area contributed by atoms with Crippen molar-refractivity contribution in [2.75, 3.05) is 25.2 Å². The first-order valence-electron chi connectivity index (χ1n) is 17.0. The maximum absolute atomic E-state index is 10.1. The van der Waals surface area contributed by atoms with Gasteiger partial charge in [-0.3, -0.25) is 0 Å². The number of hydrogen-bond acceptors (Lipinski definition) is 8. The minimum atomic E-state index is -0.750. The predicted octanol–water partition coefficient (Wildman–Crippen LogP) is 5.85. The second-order valence-corrected chi connectivity index (χ2v) is 12.2. The van der Waals surface area contributed by atoms with Gasteiger partial charge in [0.1, 0.15) is 49.5 Å². The van der Waals surface area contributed by atoms with Gasteiger partial charge in [0.25, 0.3) is 0 Å². The van der Waals surface area contributed by atoms with E-state index in [2.05, 4.69) is 36.7 Å². The first-order chi connectivity index (χ1) is 21.6. The Balaban J connectivity index is -0.000000251. The molecule has 3 N–H and O–H groups in total. The van der Waals surface area contributed by atoms with Crippen molar-refractivity contribution in [2.24, 2.45) is 0 Å². The van der Waals surface area contributed by atoms with Crippen molar-refractivity contribution in [2.45, 2.75) is 158 Å². The zero-order valence-electron chi connectivity index (χ0n) is 30.7. The third kappa shape index (κ3) is 46.6. The average Bonchev–Trinajstić information content (AvgIpc) is 3.69. The average molecular weight is 748 g/mol. The number of furan rings is 2. The molecule has 0 atom stereocenters. The van der Waals surface area contributed by atoms with Crippen molar-refractivity contribution in [3.8, 4) is 0 Å². The molecule has 10 heteroatoms. The van der Waals surface area contributed by atoms with E-state index in [9.17, 15) is 5.11 Å². The molecule has 0 unspecified atom stereocenters. The Bertz CT molecular complexity index is 774. The number of rotatable bonds is 20. The zero-order chi connectivity index (χ0) is 34.6. The minimum Gasteiger partial charge on any atom is -0.850 e. The van der Waals surface area contributed by atoms with Gasteiger partial charge in [0.15, 0.2) is 0 Å². The Morgan fingerprint density at radius 3 is 1.28 bits per heavy atom. The summed E-state index contributed by atoms with van der Waals surface area (Å²) in [4.78, 5) is 0. The van der Waals surface area contributed by atoms with Crippen molar-refractivity contribution in [1.82, 2.24) is 0 Å². The Kier molecular flexibility index (Phi) is 48.1. The molecule has 0 aromatic carbocycles. The Labute approximate surface area is 333 Å². The van der Waals surface area contributed by atoms with E-state index in [0.29, 0.717) is 23.9 Å². The molecule has 2 aromatic rings. The van der Waals surface area contributed by atoms with Crippen molar-refractivity contribution in [1.29, 1.82) is 0 Å². The Morgan fingerprint density at radius 1 is 0.609 bits per heavy atom. The number of ether oxygens (including phenoxy) is 2. The van der Waals surface area contributed by atoms with Crippen LogP contribution < -0.4 is 56.5 Å². The summed E-state index contributed by atoms with van der Waals surface area (Å²) < 4.78 is 20.8. The van der Waals surface area contributed by atoms with Gasteiger partial charge in [-0.15, -0.1) is 5.60 Å². The van der Waals surface area contributed by atoms with E-state index in [1.807, 2.05) is 13.0 Å². The summed E-state index contributed by atoms with van der Waals surface area (Å²) in [5, 5.41) is 37.0. The van der Waals surface area contributed by atoms with E-state index in [1.54, 1.807) is 39.0 Å². The molecular weight excluding hydrogens is 679 g/mol. The van der Waals surface area contributed by atoms with Crippen LogP contribution in [0.4, 0.5) is 0 Å². The van der Waals surface area contributed by atoms with E-state index in [0.717, 1.165) is 32.0 Å². The number of hydrogen-bond donors (Lipinski definition) is 3. The summed E-state index contributed by atoms with van der Waals surface area (Å²) >= 11 is 3.38. The number of alkyl halides is 1. The summed E-state index contributed by atoms with van der Waals surface area (Å²) in [6, 6.07) is 6.88. The van der Waals surface area contributed by atoms with E-state index < -0.39 is 5.60 Å². The van der Waals surface area contributed by atoms with Crippen LogP contribution in [0, 0.1) is 0 Å². The fourth-order valence-electron chi connectivity index (χ4n) is 3.28. The van der Waals surface area contributed by atoms with Crippen molar-refractivity contribution >= 4 is 15.9 Å². The van der Waals surface area contributed by atoms with Gasteiger partial charge in [-0.2, -0.15) is 0 Å². The molecule has 0 aliphatic heterocycles. The third-order valence-electron chi connectivity index (χ3n) is 5.62. The van der Waals surface area contributed by atoms with Gasteiger partial charge in [-0.1, -0.05) is 115 Å². The van der Waals surface area contributed by atoms with Gasteiger partial charge < -0.3 is 38.7 Å². The Morgan fingerprint density at radius 2 is 0.957 bits per heavy atom. The van der Waals surface area contributed by atoms with Crippen LogP contribution in [0.5, 0.6) is 0 Å². The summed E-state index contributed by atoms with van der Waals surface area (Å²) in [5.74, 6) is 2.35. The van der Waals surface area contributed by atoms with Crippen molar-refractivity contribution in [3.63, 3.8) is 0 Å². The summed E-state index contributed by atoms with van der Waals surface area (Å²) in [7, 11) is 0.